The molecule has 7 nitrogen and oxygen atoms in total. The van der Waals surface area contributed by atoms with Gasteiger partial charge in [-0.1, -0.05) is 12.1 Å². The average Bonchev–Trinajstić information content (AvgIpc) is 3.45. The van der Waals surface area contributed by atoms with Crippen molar-refractivity contribution >= 4 is 28.1 Å². The number of nitrogens with one attached hydrogen (secondary N) is 1. The number of ether oxygens (including phenoxy) is 2. The van der Waals surface area contributed by atoms with Crippen LogP contribution in [0.3, 0.4) is 0 Å². The van der Waals surface area contributed by atoms with E-state index in [2.05, 4.69) is 10.3 Å². The van der Waals surface area contributed by atoms with Crippen molar-refractivity contribution in [1.29, 1.82) is 0 Å². The lowest BCUT2D eigenvalue weighted by atomic mass is 10.1. The fourth-order valence-corrected chi connectivity index (χ4v) is 4.26. The highest BCUT2D eigenvalue weighted by Gasteiger charge is 2.16. The molecule has 1 N–H and O–H groups in total. The van der Waals surface area contributed by atoms with E-state index in [1.807, 2.05) is 41.8 Å². The van der Waals surface area contributed by atoms with E-state index in [-0.39, 0.29) is 18.3 Å². The Morgan fingerprint density at radius 1 is 1.19 bits per heavy atom. The molecule has 4 aromatic rings. The summed E-state index contributed by atoms with van der Waals surface area (Å²) in [4.78, 5) is 31.4. The average molecular weight is 433 g/mol. The maximum Gasteiger partial charge on any atom is 0.260 e. The molecule has 3 aromatic heterocycles. The lowest BCUT2D eigenvalue weighted by Gasteiger charge is -2.11. The molecule has 0 radical (unpaired) electrons. The highest BCUT2D eigenvalue weighted by atomic mass is 32.1. The Hall–Kier alpha value is -3.65. The van der Waals surface area contributed by atoms with E-state index < -0.39 is 0 Å². The van der Waals surface area contributed by atoms with Crippen molar-refractivity contribution in [3.05, 3.63) is 86.1 Å². The molecule has 1 aliphatic heterocycles. The van der Waals surface area contributed by atoms with Crippen LogP contribution in [-0.4, -0.2) is 22.3 Å². The first-order valence-electron chi connectivity index (χ1n) is 9.78. The number of amides is 1. The minimum atomic E-state index is -0.280. The summed E-state index contributed by atoms with van der Waals surface area (Å²) in [5.41, 5.74) is 2.27. The van der Waals surface area contributed by atoms with E-state index in [1.165, 1.54) is 0 Å². The molecule has 0 saturated heterocycles. The van der Waals surface area contributed by atoms with Gasteiger partial charge in [0.15, 0.2) is 11.5 Å². The Morgan fingerprint density at radius 2 is 2.06 bits per heavy atom. The first-order valence-corrected chi connectivity index (χ1v) is 10.7. The first kappa shape index (κ1) is 19.3. The van der Waals surface area contributed by atoms with Crippen LogP contribution in [0.1, 0.15) is 26.5 Å². The fourth-order valence-electron chi connectivity index (χ4n) is 3.56. The number of thiophene rings is 1. The number of nitrogens with zero attached hydrogens (tertiary/aromatic N) is 2. The van der Waals surface area contributed by atoms with Gasteiger partial charge in [0.2, 0.25) is 6.79 Å². The van der Waals surface area contributed by atoms with Crippen LogP contribution in [-0.2, 0) is 13.1 Å². The fraction of sp³-hybridized carbons (Fsp3) is 0.174. The lowest BCUT2D eigenvalue weighted by molar-refractivity contribution is 0.0950. The molecule has 5 rings (SSSR count). The van der Waals surface area contributed by atoms with Gasteiger partial charge in [0, 0.05) is 17.6 Å². The van der Waals surface area contributed by atoms with Crippen LogP contribution in [0.25, 0.3) is 10.9 Å². The normalized spacial score (nSPS) is 12.3. The van der Waals surface area contributed by atoms with E-state index in [9.17, 15) is 9.59 Å². The van der Waals surface area contributed by atoms with Crippen LogP contribution < -0.4 is 20.3 Å². The van der Waals surface area contributed by atoms with E-state index in [0.29, 0.717) is 46.7 Å². The summed E-state index contributed by atoms with van der Waals surface area (Å²) in [6.07, 6.45) is 1.75. The van der Waals surface area contributed by atoms with Crippen LogP contribution in [0.4, 0.5) is 0 Å². The van der Waals surface area contributed by atoms with Crippen molar-refractivity contribution in [2.75, 3.05) is 6.79 Å². The van der Waals surface area contributed by atoms with Crippen LogP contribution in [0.15, 0.2) is 58.8 Å². The Kier molecular flexibility index (Phi) is 4.91. The largest absolute Gasteiger partial charge is 0.454 e. The number of rotatable bonds is 5. The molecular formula is C23H19N3O4S. The summed E-state index contributed by atoms with van der Waals surface area (Å²) < 4.78 is 12.3. The third-order valence-corrected chi connectivity index (χ3v) is 6.05. The highest BCUT2D eigenvalue weighted by Crippen LogP contribution is 2.32. The molecule has 4 heterocycles. The predicted molar refractivity (Wildman–Crippen MR) is 118 cm³/mol. The van der Waals surface area contributed by atoms with Gasteiger partial charge in [-0.2, -0.15) is 0 Å². The van der Waals surface area contributed by atoms with Crippen LogP contribution in [0, 0.1) is 6.92 Å². The van der Waals surface area contributed by atoms with Crippen molar-refractivity contribution in [2.24, 2.45) is 0 Å². The molecule has 156 valence electrons. The van der Waals surface area contributed by atoms with Crippen molar-refractivity contribution in [1.82, 2.24) is 14.9 Å². The summed E-state index contributed by atoms with van der Waals surface area (Å²) in [6, 6.07) is 12.9. The number of aryl methyl sites for hydroxylation is 1. The van der Waals surface area contributed by atoms with Gasteiger partial charge in [-0.25, -0.2) is 0 Å². The summed E-state index contributed by atoms with van der Waals surface area (Å²) in [5, 5.41) is 5.31. The topological polar surface area (TPSA) is 82.5 Å². The Morgan fingerprint density at radius 3 is 2.90 bits per heavy atom. The van der Waals surface area contributed by atoms with Gasteiger partial charge in [-0.3, -0.25) is 14.6 Å². The zero-order chi connectivity index (χ0) is 21.4. The highest BCUT2D eigenvalue weighted by molar-refractivity contribution is 7.09. The smallest absolute Gasteiger partial charge is 0.260 e. The standard InChI is InChI=1S/C23H19N3O4S/c1-14-17(22(27)24-11-15-4-5-20-21(9-15)30-13-29-20)10-18-19(25-14)6-7-26(23(18)28)12-16-3-2-8-31-16/h2-10H,11-13H2,1H3,(H,24,27). The number of pyridine rings is 2. The van der Waals surface area contributed by atoms with Crippen LogP contribution >= 0.6 is 11.3 Å². The summed E-state index contributed by atoms with van der Waals surface area (Å²) in [6.45, 7) is 2.79. The van der Waals surface area contributed by atoms with E-state index >= 15 is 0 Å². The van der Waals surface area contributed by atoms with Crippen molar-refractivity contribution < 1.29 is 14.3 Å². The third kappa shape index (κ3) is 3.77. The first-order chi connectivity index (χ1) is 15.1. The molecule has 0 fully saturated rings. The number of carbonyl (C=O) groups excluding carboxylic acids is 1. The van der Waals surface area contributed by atoms with Crippen LogP contribution in [0.2, 0.25) is 0 Å². The van der Waals surface area contributed by atoms with Gasteiger partial charge < -0.3 is 19.4 Å². The molecule has 0 saturated carbocycles. The zero-order valence-electron chi connectivity index (χ0n) is 16.8. The number of hydrogen-bond donors (Lipinski definition) is 1. The summed E-state index contributed by atoms with van der Waals surface area (Å²) in [7, 11) is 0. The molecule has 0 bridgehead atoms. The van der Waals surface area contributed by atoms with Crippen molar-refractivity contribution in [3.63, 3.8) is 0 Å². The molecule has 1 aliphatic rings. The Balaban J connectivity index is 1.40. The Labute approximate surface area is 181 Å². The summed E-state index contributed by atoms with van der Waals surface area (Å²) in [5.74, 6) is 1.09. The SMILES string of the molecule is Cc1nc2ccn(Cc3cccs3)c(=O)c2cc1C(=O)NCc1ccc2c(c1)OCO2. The van der Waals surface area contributed by atoms with Gasteiger partial charge in [0.05, 0.1) is 28.7 Å². The van der Waals surface area contributed by atoms with E-state index in [0.717, 1.165) is 10.4 Å². The summed E-state index contributed by atoms with van der Waals surface area (Å²) >= 11 is 1.60. The molecule has 0 atom stereocenters. The maximum absolute atomic E-state index is 13.0. The molecular weight excluding hydrogens is 414 g/mol. The van der Waals surface area contributed by atoms with E-state index in [4.69, 9.17) is 9.47 Å². The van der Waals surface area contributed by atoms with Crippen molar-refractivity contribution in [3.8, 4) is 11.5 Å². The Bertz CT molecular complexity index is 1350. The van der Waals surface area contributed by atoms with Gasteiger partial charge >= 0.3 is 0 Å². The maximum atomic E-state index is 13.0. The number of aromatic nitrogens is 2. The lowest BCUT2D eigenvalue weighted by Crippen LogP contribution is -2.25. The second kappa shape index (κ2) is 7.88. The quantitative estimate of drug-likeness (QED) is 0.521. The molecule has 8 heteroatoms. The third-order valence-electron chi connectivity index (χ3n) is 5.19. The minimum Gasteiger partial charge on any atom is -0.454 e. The molecule has 0 aliphatic carbocycles. The van der Waals surface area contributed by atoms with Gasteiger partial charge in [-0.05, 0) is 48.2 Å². The van der Waals surface area contributed by atoms with Gasteiger partial charge in [0.25, 0.3) is 11.5 Å². The molecule has 0 unspecified atom stereocenters. The molecule has 1 amide bonds. The second-order valence-electron chi connectivity index (χ2n) is 7.25. The molecule has 31 heavy (non-hydrogen) atoms. The predicted octanol–water partition coefficient (Wildman–Crippen LogP) is 3.47. The number of carbonyl (C=O) groups is 1. The van der Waals surface area contributed by atoms with Gasteiger partial charge in [0.1, 0.15) is 0 Å². The van der Waals surface area contributed by atoms with Crippen LogP contribution in [0.5, 0.6) is 11.5 Å². The number of fused-ring (bicyclic) bond motifs is 2. The van der Waals surface area contributed by atoms with E-state index in [1.54, 1.807) is 35.1 Å². The van der Waals surface area contributed by atoms with Gasteiger partial charge in [-0.15, -0.1) is 11.3 Å². The minimum absolute atomic E-state index is 0.164. The number of benzene rings is 1. The zero-order valence-corrected chi connectivity index (χ0v) is 17.6. The second-order valence-corrected chi connectivity index (χ2v) is 8.28. The molecule has 0 spiro atoms. The number of hydrogen-bond acceptors (Lipinski definition) is 6. The molecule has 1 aromatic carbocycles. The monoisotopic (exact) mass is 433 g/mol. The van der Waals surface area contributed by atoms with Crippen molar-refractivity contribution in [2.45, 2.75) is 20.0 Å².